The predicted molar refractivity (Wildman–Crippen MR) is 79.6 cm³/mol. The van der Waals surface area contributed by atoms with E-state index in [9.17, 15) is 22.0 Å². The first-order valence-corrected chi connectivity index (χ1v) is 8.25. The van der Waals surface area contributed by atoms with Crippen LogP contribution in [-0.4, -0.2) is 13.4 Å². The Morgan fingerprint density at radius 1 is 1.09 bits per heavy atom. The van der Waals surface area contributed by atoms with E-state index in [0.717, 1.165) is 18.2 Å². The molecule has 114 valence electrons. The molecule has 0 radical (unpaired) electrons. The second-order valence-corrected chi connectivity index (χ2v) is 7.37. The second-order valence-electron chi connectivity index (χ2n) is 4.42. The molecule has 0 atom stereocenters. The predicted octanol–water partition coefficient (Wildman–Crippen LogP) is 2.67. The highest BCUT2D eigenvalue weighted by Crippen LogP contribution is 2.26. The van der Waals surface area contributed by atoms with Gasteiger partial charge >= 0.3 is 0 Å². The van der Waals surface area contributed by atoms with Crippen molar-refractivity contribution in [3.63, 3.8) is 0 Å². The van der Waals surface area contributed by atoms with Gasteiger partial charge in [0.1, 0.15) is 10.0 Å². The first-order chi connectivity index (χ1) is 10.3. The molecular weight excluding hydrogens is 334 g/mol. The number of H-pyrrole nitrogens is 1. The van der Waals surface area contributed by atoms with E-state index in [2.05, 4.69) is 9.71 Å². The van der Waals surface area contributed by atoms with E-state index in [-0.39, 0.29) is 9.90 Å². The molecule has 2 heterocycles. The van der Waals surface area contributed by atoms with Crippen molar-refractivity contribution in [2.45, 2.75) is 4.21 Å². The van der Waals surface area contributed by atoms with Gasteiger partial charge in [0.2, 0.25) is 5.56 Å². The third kappa shape index (κ3) is 2.72. The number of rotatable bonds is 3. The largest absolute Gasteiger partial charge is 0.328 e. The maximum absolute atomic E-state index is 14.0. The monoisotopic (exact) mass is 342 g/mol. The summed E-state index contributed by atoms with van der Waals surface area (Å²) in [5.74, 6) is -0.835. The summed E-state index contributed by atoms with van der Waals surface area (Å²) in [6, 6.07) is 5.62. The molecule has 2 N–H and O–H groups in total. The Kier molecular flexibility index (Phi) is 3.45. The SMILES string of the molecule is O=c1cc2cc(F)c(NS(=O)(=O)c3ccc(F)s3)cc2c[nH]1. The standard InChI is InChI=1S/C13H8F2N2O3S2/c14-9-3-7-5-12(18)16-6-8(7)4-10(9)17-22(19,20)13-2-1-11(15)21-13/h1-6,17H,(H,16,18). The van der Waals surface area contributed by atoms with Crippen LogP contribution in [0.15, 0.2) is 45.5 Å². The van der Waals surface area contributed by atoms with Crippen molar-refractivity contribution in [1.29, 1.82) is 0 Å². The minimum absolute atomic E-state index is 0.258. The fourth-order valence-electron chi connectivity index (χ4n) is 1.90. The third-order valence-electron chi connectivity index (χ3n) is 2.89. The fourth-order valence-corrected chi connectivity index (χ4v) is 3.96. The Morgan fingerprint density at radius 3 is 2.55 bits per heavy atom. The number of aromatic nitrogens is 1. The molecule has 0 saturated carbocycles. The lowest BCUT2D eigenvalue weighted by Crippen LogP contribution is -2.13. The van der Waals surface area contributed by atoms with Gasteiger partial charge in [-0.25, -0.2) is 12.8 Å². The van der Waals surface area contributed by atoms with E-state index in [1.165, 1.54) is 18.3 Å². The summed E-state index contributed by atoms with van der Waals surface area (Å²) in [6.45, 7) is 0. The highest BCUT2D eigenvalue weighted by atomic mass is 32.2. The number of halogens is 2. The van der Waals surface area contributed by atoms with Crippen molar-refractivity contribution in [2.75, 3.05) is 4.72 Å². The number of benzene rings is 1. The zero-order chi connectivity index (χ0) is 15.9. The Labute approximate surface area is 127 Å². The van der Waals surface area contributed by atoms with Crippen LogP contribution in [0.5, 0.6) is 0 Å². The van der Waals surface area contributed by atoms with Gasteiger partial charge < -0.3 is 4.98 Å². The first kappa shape index (κ1) is 14.7. The average Bonchev–Trinajstić information content (AvgIpc) is 2.87. The van der Waals surface area contributed by atoms with Crippen molar-refractivity contribution in [3.05, 3.63) is 57.8 Å². The van der Waals surface area contributed by atoms with E-state index in [4.69, 9.17) is 0 Å². The first-order valence-electron chi connectivity index (χ1n) is 5.95. The molecule has 5 nitrogen and oxygen atoms in total. The highest BCUT2D eigenvalue weighted by Gasteiger charge is 2.19. The summed E-state index contributed by atoms with van der Waals surface area (Å²) in [5, 5.41) is 0.138. The van der Waals surface area contributed by atoms with Crippen molar-refractivity contribution >= 4 is 37.8 Å². The number of nitrogens with one attached hydrogen (secondary N) is 2. The number of sulfonamides is 1. The molecule has 0 aliphatic carbocycles. The molecule has 2 aromatic heterocycles. The molecule has 0 aliphatic rings. The Hall–Kier alpha value is -2.26. The number of thiophene rings is 1. The number of pyridine rings is 1. The quantitative estimate of drug-likeness (QED) is 0.768. The van der Waals surface area contributed by atoms with Gasteiger partial charge in [-0.3, -0.25) is 9.52 Å². The summed E-state index contributed by atoms with van der Waals surface area (Å²) < 4.78 is 52.9. The number of hydrogen-bond donors (Lipinski definition) is 2. The Bertz CT molecular complexity index is 1030. The van der Waals surface area contributed by atoms with Gasteiger partial charge in [-0.05, 0) is 29.7 Å². The van der Waals surface area contributed by atoms with Crippen molar-refractivity contribution in [2.24, 2.45) is 0 Å². The van der Waals surface area contributed by atoms with Crippen LogP contribution < -0.4 is 10.3 Å². The number of hydrogen-bond acceptors (Lipinski definition) is 4. The summed E-state index contributed by atoms with van der Waals surface area (Å²) in [5.41, 5.74) is -0.678. The van der Waals surface area contributed by atoms with Crippen molar-refractivity contribution < 1.29 is 17.2 Å². The van der Waals surface area contributed by atoms with Crippen LogP contribution in [-0.2, 0) is 10.0 Å². The van der Waals surface area contributed by atoms with E-state index >= 15 is 0 Å². The molecule has 1 aromatic carbocycles. The fraction of sp³-hybridized carbons (Fsp3) is 0. The summed E-state index contributed by atoms with van der Waals surface area (Å²) >= 11 is 0.438. The van der Waals surface area contributed by atoms with Crippen LogP contribution in [0.2, 0.25) is 0 Å². The summed E-state index contributed by atoms with van der Waals surface area (Å²) in [4.78, 5) is 13.6. The lowest BCUT2D eigenvalue weighted by Gasteiger charge is -2.08. The molecule has 0 amide bonds. The maximum atomic E-state index is 14.0. The molecule has 3 rings (SSSR count). The number of anilines is 1. The van der Waals surface area contributed by atoms with Crippen LogP contribution in [0.4, 0.5) is 14.5 Å². The topological polar surface area (TPSA) is 79.0 Å². The van der Waals surface area contributed by atoms with Gasteiger partial charge in [0.15, 0.2) is 5.13 Å². The molecule has 0 spiro atoms. The molecule has 9 heteroatoms. The van der Waals surface area contributed by atoms with Gasteiger partial charge in [0, 0.05) is 17.6 Å². The van der Waals surface area contributed by atoms with Gasteiger partial charge in [-0.2, -0.15) is 4.39 Å². The van der Waals surface area contributed by atoms with Crippen LogP contribution in [0, 0.1) is 10.9 Å². The third-order valence-corrected chi connectivity index (χ3v) is 5.62. The molecule has 0 saturated heterocycles. The normalized spacial score (nSPS) is 11.7. The smallest absolute Gasteiger partial charge is 0.271 e. The van der Waals surface area contributed by atoms with E-state index in [1.807, 2.05) is 0 Å². The summed E-state index contributed by atoms with van der Waals surface area (Å²) in [6.07, 6.45) is 1.35. The zero-order valence-corrected chi connectivity index (χ0v) is 12.4. The van der Waals surface area contributed by atoms with Crippen LogP contribution in [0.3, 0.4) is 0 Å². The molecule has 0 unspecified atom stereocenters. The van der Waals surface area contributed by atoms with Gasteiger partial charge in [-0.15, -0.1) is 0 Å². The van der Waals surface area contributed by atoms with Gasteiger partial charge in [0.25, 0.3) is 10.0 Å². The van der Waals surface area contributed by atoms with E-state index in [1.54, 1.807) is 0 Å². The number of aromatic amines is 1. The van der Waals surface area contributed by atoms with E-state index < -0.39 is 26.5 Å². The zero-order valence-electron chi connectivity index (χ0n) is 10.8. The van der Waals surface area contributed by atoms with Gasteiger partial charge in [-0.1, -0.05) is 11.3 Å². The molecule has 0 aliphatic heterocycles. The second kappa shape index (κ2) is 5.18. The van der Waals surface area contributed by atoms with Crippen molar-refractivity contribution in [1.82, 2.24) is 4.98 Å². The van der Waals surface area contributed by atoms with Crippen LogP contribution in [0.1, 0.15) is 0 Å². The highest BCUT2D eigenvalue weighted by molar-refractivity contribution is 7.94. The minimum atomic E-state index is -4.08. The molecular formula is C13H8F2N2O3S2. The van der Waals surface area contributed by atoms with Crippen LogP contribution in [0.25, 0.3) is 10.8 Å². The summed E-state index contributed by atoms with van der Waals surface area (Å²) in [7, 11) is -4.08. The molecule has 3 aromatic rings. The molecule has 0 bridgehead atoms. The average molecular weight is 342 g/mol. The number of fused-ring (bicyclic) bond motifs is 1. The molecule has 0 fully saturated rings. The maximum Gasteiger partial charge on any atom is 0.271 e. The lowest BCUT2D eigenvalue weighted by atomic mass is 10.1. The van der Waals surface area contributed by atoms with Gasteiger partial charge in [0.05, 0.1) is 5.69 Å². The Balaban J connectivity index is 2.05. The minimum Gasteiger partial charge on any atom is -0.328 e. The van der Waals surface area contributed by atoms with Crippen LogP contribution >= 0.6 is 11.3 Å². The Morgan fingerprint density at radius 2 is 1.86 bits per heavy atom. The lowest BCUT2D eigenvalue weighted by molar-refractivity contribution is 0.600. The molecule has 22 heavy (non-hydrogen) atoms. The van der Waals surface area contributed by atoms with Crippen molar-refractivity contribution in [3.8, 4) is 0 Å². The van der Waals surface area contributed by atoms with E-state index in [0.29, 0.717) is 22.1 Å².